The maximum atomic E-state index is 12.8. The molecule has 0 aromatic heterocycles. The van der Waals surface area contributed by atoms with Crippen molar-refractivity contribution in [1.29, 1.82) is 0 Å². The lowest BCUT2D eigenvalue weighted by atomic mass is 10.0. The minimum Gasteiger partial charge on any atom is -0.490 e. The molecule has 9 heteroatoms. The topological polar surface area (TPSA) is 108 Å². The number of non-ortho nitro benzene ring substituents is 1. The number of esters is 1. The van der Waals surface area contributed by atoms with Crippen molar-refractivity contribution in [3.63, 3.8) is 0 Å². The van der Waals surface area contributed by atoms with Gasteiger partial charge in [0.25, 0.3) is 11.6 Å². The van der Waals surface area contributed by atoms with E-state index in [0.717, 1.165) is 5.56 Å². The van der Waals surface area contributed by atoms with Crippen molar-refractivity contribution in [2.45, 2.75) is 33.6 Å². The molecule has 0 radical (unpaired) electrons. The number of anilines is 1. The zero-order chi connectivity index (χ0) is 24.0. The Labute approximate surface area is 192 Å². The maximum absolute atomic E-state index is 12.8. The smallest absolute Gasteiger partial charge is 0.338 e. The molecule has 2 aromatic rings. The molecule has 2 aromatic carbocycles. The summed E-state index contributed by atoms with van der Waals surface area (Å²) in [5, 5.41) is 11.0. The molecule has 0 aliphatic carbocycles. The number of carbonyl (C=O) groups excluding carboxylic acids is 2. The first kappa shape index (κ1) is 24.0. The Bertz CT molecular complexity index is 1040. The second-order valence-electron chi connectivity index (χ2n) is 8.09. The molecule has 0 spiro atoms. The zero-order valence-electron chi connectivity index (χ0n) is 19.0. The van der Waals surface area contributed by atoms with Gasteiger partial charge in [-0.1, -0.05) is 13.8 Å². The van der Waals surface area contributed by atoms with Gasteiger partial charge in [-0.05, 0) is 55.5 Å². The Hall–Kier alpha value is -3.62. The molecule has 0 saturated heterocycles. The van der Waals surface area contributed by atoms with E-state index in [1.54, 1.807) is 24.3 Å². The summed E-state index contributed by atoms with van der Waals surface area (Å²) < 4.78 is 16.6. The Balaban J connectivity index is 1.67. The average Bonchev–Trinajstić information content (AvgIpc) is 2.80. The van der Waals surface area contributed by atoms with Crippen LogP contribution in [0.25, 0.3) is 0 Å². The van der Waals surface area contributed by atoms with Crippen LogP contribution < -0.4 is 14.4 Å². The molecule has 0 atom stereocenters. The molecule has 9 nitrogen and oxygen atoms in total. The maximum Gasteiger partial charge on any atom is 0.338 e. The van der Waals surface area contributed by atoms with Crippen molar-refractivity contribution < 1.29 is 28.7 Å². The van der Waals surface area contributed by atoms with Gasteiger partial charge in [0.15, 0.2) is 18.1 Å². The van der Waals surface area contributed by atoms with Gasteiger partial charge in [0, 0.05) is 24.4 Å². The minimum absolute atomic E-state index is 0.0135. The number of hydrogen-bond acceptors (Lipinski definition) is 7. The normalized spacial score (nSPS) is 12.8. The number of nitro benzene ring substituents is 1. The van der Waals surface area contributed by atoms with Crippen LogP contribution in [0.3, 0.4) is 0 Å². The molecular weight excluding hydrogens is 428 g/mol. The van der Waals surface area contributed by atoms with Crippen molar-refractivity contribution in [2.24, 2.45) is 5.92 Å². The average molecular weight is 456 g/mol. The summed E-state index contributed by atoms with van der Waals surface area (Å²) in [7, 11) is 0. The number of nitro groups is 1. The molecule has 0 bridgehead atoms. The molecule has 1 heterocycles. The fraction of sp³-hybridized carbons (Fsp3) is 0.417. The highest BCUT2D eigenvalue weighted by Crippen LogP contribution is 2.31. The quantitative estimate of drug-likeness (QED) is 0.317. The molecule has 1 aliphatic rings. The fourth-order valence-corrected chi connectivity index (χ4v) is 3.52. The lowest BCUT2D eigenvalue weighted by Crippen LogP contribution is -2.38. The molecule has 1 aliphatic heterocycles. The van der Waals surface area contributed by atoms with Crippen LogP contribution in [-0.4, -0.2) is 43.2 Å². The summed E-state index contributed by atoms with van der Waals surface area (Å²) in [5.41, 5.74) is 1.57. The predicted molar refractivity (Wildman–Crippen MR) is 122 cm³/mol. The largest absolute Gasteiger partial charge is 0.490 e. The van der Waals surface area contributed by atoms with Crippen LogP contribution in [0.5, 0.6) is 11.5 Å². The zero-order valence-corrected chi connectivity index (χ0v) is 19.0. The van der Waals surface area contributed by atoms with Crippen molar-refractivity contribution in [1.82, 2.24) is 0 Å². The van der Waals surface area contributed by atoms with Crippen LogP contribution in [-0.2, 0) is 16.0 Å². The number of amides is 1. The molecular formula is C24H28N2O7. The highest BCUT2D eigenvalue weighted by Gasteiger charge is 2.25. The van der Waals surface area contributed by atoms with Crippen molar-refractivity contribution >= 4 is 23.3 Å². The molecule has 3 rings (SSSR count). The summed E-state index contributed by atoms with van der Waals surface area (Å²) in [5.74, 6) is 0.268. The van der Waals surface area contributed by atoms with Gasteiger partial charge in [-0.25, -0.2) is 4.79 Å². The summed E-state index contributed by atoms with van der Waals surface area (Å²) in [4.78, 5) is 37.4. The van der Waals surface area contributed by atoms with Crippen LogP contribution in [0, 0.1) is 16.0 Å². The van der Waals surface area contributed by atoms with Crippen LogP contribution in [0.1, 0.15) is 43.1 Å². The Morgan fingerprint density at radius 2 is 1.91 bits per heavy atom. The molecule has 176 valence electrons. The van der Waals surface area contributed by atoms with Gasteiger partial charge in [0.05, 0.1) is 23.7 Å². The van der Waals surface area contributed by atoms with Crippen LogP contribution in [0.2, 0.25) is 0 Å². The number of aryl methyl sites for hydroxylation is 1. The fourth-order valence-electron chi connectivity index (χ4n) is 3.52. The number of rotatable bonds is 9. The van der Waals surface area contributed by atoms with E-state index in [1.165, 1.54) is 17.0 Å². The third-order valence-electron chi connectivity index (χ3n) is 5.07. The van der Waals surface area contributed by atoms with Gasteiger partial charge in [-0.15, -0.1) is 0 Å². The summed E-state index contributed by atoms with van der Waals surface area (Å²) in [6, 6.07) is 9.19. The van der Waals surface area contributed by atoms with Gasteiger partial charge in [0.1, 0.15) is 0 Å². The summed E-state index contributed by atoms with van der Waals surface area (Å²) in [6.07, 6.45) is 1.31. The first-order valence-corrected chi connectivity index (χ1v) is 10.9. The number of carbonyl (C=O) groups is 2. The van der Waals surface area contributed by atoms with Crippen molar-refractivity contribution in [3.8, 4) is 11.5 Å². The third-order valence-corrected chi connectivity index (χ3v) is 5.07. The van der Waals surface area contributed by atoms with E-state index in [2.05, 4.69) is 0 Å². The molecule has 0 saturated carbocycles. The summed E-state index contributed by atoms with van der Waals surface area (Å²) in [6.45, 7) is 6.83. The van der Waals surface area contributed by atoms with E-state index >= 15 is 0 Å². The van der Waals surface area contributed by atoms with Gasteiger partial charge in [-0.3, -0.25) is 14.9 Å². The second kappa shape index (κ2) is 10.8. The molecule has 0 fully saturated rings. The molecule has 33 heavy (non-hydrogen) atoms. The first-order chi connectivity index (χ1) is 15.8. The number of ether oxygens (including phenoxy) is 3. The van der Waals surface area contributed by atoms with Gasteiger partial charge < -0.3 is 19.1 Å². The molecule has 1 amide bonds. The Morgan fingerprint density at radius 3 is 2.61 bits per heavy atom. The van der Waals surface area contributed by atoms with E-state index in [1.807, 2.05) is 20.8 Å². The molecule has 0 unspecified atom stereocenters. The van der Waals surface area contributed by atoms with Crippen LogP contribution in [0.4, 0.5) is 11.4 Å². The van der Waals surface area contributed by atoms with E-state index in [0.29, 0.717) is 55.7 Å². The number of benzene rings is 2. The van der Waals surface area contributed by atoms with E-state index < -0.39 is 17.5 Å². The summed E-state index contributed by atoms with van der Waals surface area (Å²) >= 11 is 0. The molecule has 0 N–H and O–H groups in total. The first-order valence-electron chi connectivity index (χ1n) is 10.9. The third kappa shape index (κ3) is 6.00. The highest BCUT2D eigenvalue weighted by molar-refractivity contribution is 5.98. The Kier molecular flexibility index (Phi) is 7.87. The Morgan fingerprint density at radius 1 is 1.12 bits per heavy atom. The second-order valence-corrected chi connectivity index (χ2v) is 8.09. The number of nitrogens with zero attached hydrogens (tertiary/aromatic N) is 2. The minimum atomic E-state index is -0.652. The van der Waals surface area contributed by atoms with E-state index in [9.17, 15) is 19.7 Å². The van der Waals surface area contributed by atoms with Gasteiger partial charge >= 0.3 is 5.97 Å². The van der Waals surface area contributed by atoms with Crippen LogP contribution >= 0.6 is 0 Å². The predicted octanol–water partition coefficient (Wildman–Crippen LogP) is 4.16. The standard InChI is InChI=1S/C24H28N2O7/c1-4-31-22-13-18(7-10-21(22)32-14-16(2)3)24(28)33-15-23(27)25-11-5-6-17-12-19(26(29)30)8-9-20(17)25/h7-10,12-13,16H,4-6,11,14-15H2,1-3H3. The number of fused-ring (bicyclic) bond motifs is 1. The van der Waals surface area contributed by atoms with Gasteiger partial charge in [-0.2, -0.15) is 0 Å². The lowest BCUT2D eigenvalue weighted by molar-refractivity contribution is -0.384. The van der Waals surface area contributed by atoms with E-state index in [4.69, 9.17) is 14.2 Å². The lowest BCUT2D eigenvalue weighted by Gasteiger charge is -2.29. The SMILES string of the molecule is CCOc1cc(C(=O)OCC(=O)N2CCCc3cc([N+](=O)[O-])ccc32)ccc1OCC(C)C. The van der Waals surface area contributed by atoms with Crippen LogP contribution in [0.15, 0.2) is 36.4 Å². The highest BCUT2D eigenvalue weighted by atomic mass is 16.6. The number of hydrogen-bond donors (Lipinski definition) is 0. The van der Waals surface area contributed by atoms with E-state index in [-0.39, 0.29) is 17.2 Å². The monoisotopic (exact) mass is 456 g/mol. The van der Waals surface area contributed by atoms with Crippen molar-refractivity contribution in [3.05, 3.63) is 57.6 Å². The van der Waals surface area contributed by atoms with Gasteiger partial charge in [0.2, 0.25) is 0 Å². The van der Waals surface area contributed by atoms with Crippen molar-refractivity contribution in [2.75, 3.05) is 31.3 Å².